The van der Waals surface area contributed by atoms with Crippen LogP contribution in [0.5, 0.6) is 0 Å². The van der Waals surface area contributed by atoms with Crippen molar-refractivity contribution in [1.82, 2.24) is 9.55 Å². The van der Waals surface area contributed by atoms with Gasteiger partial charge in [-0.05, 0) is 18.4 Å². The third-order valence-corrected chi connectivity index (χ3v) is 4.66. The molecule has 3 rings (SSSR count). The maximum atomic E-state index is 12.8. The molecular weight excluding hydrogens is 264 g/mol. The predicted octanol–water partition coefficient (Wildman–Crippen LogP) is 1.96. The summed E-state index contributed by atoms with van der Waals surface area (Å²) in [7, 11) is 1.70. The van der Waals surface area contributed by atoms with Gasteiger partial charge in [0.15, 0.2) is 0 Å². The van der Waals surface area contributed by atoms with Crippen molar-refractivity contribution in [2.75, 3.05) is 5.43 Å². The van der Waals surface area contributed by atoms with E-state index in [-0.39, 0.29) is 11.0 Å². The molecule has 110 valence electrons. The van der Waals surface area contributed by atoms with Gasteiger partial charge in [-0.1, -0.05) is 38.1 Å². The molecule has 1 aliphatic carbocycles. The second-order valence-electron chi connectivity index (χ2n) is 5.92. The molecule has 0 saturated heterocycles. The Morgan fingerprint density at radius 2 is 2.14 bits per heavy atom. The topological polar surface area (TPSA) is 72.9 Å². The molecule has 1 heterocycles. The molecule has 0 radical (unpaired) electrons. The summed E-state index contributed by atoms with van der Waals surface area (Å²) in [6.07, 6.45) is 1.75. The molecule has 1 aromatic carbocycles. The molecule has 1 aliphatic rings. The highest BCUT2D eigenvalue weighted by molar-refractivity contribution is 5.72. The number of nitrogen functional groups attached to an aromatic ring is 1. The van der Waals surface area contributed by atoms with Crippen LogP contribution in [0.15, 0.2) is 29.1 Å². The molecule has 21 heavy (non-hydrogen) atoms. The van der Waals surface area contributed by atoms with Crippen LogP contribution in [-0.4, -0.2) is 9.55 Å². The van der Waals surface area contributed by atoms with Crippen molar-refractivity contribution >= 4 is 5.95 Å². The first-order valence-corrected chi connectivity index (χ1v) is 7.18. The fraction of sp³-hybridized carbons (Fsp3) is 0.375. The van der Waals surface area contributed by atoms with Crippen LogP contribution in [-0.2, 0) is 18.9 Å². The van der Waals surface area contributed by atoms with Crippen molar-refractivity contribution < 1.29 is 0 Å². The maximum absolute atomic E-state index is 12.8. The number of anilines is 1. The third kappa shape index (κ3) is 1.88. The van der Waals surface area contributed by atoms with Crippen molar-refractivity contribution in [3.8, 4) is 11.3 Å². The smallest absolute Gasteiger partial charge is 0.259 e. The molecule has 5 heteroatoms. The highest BCUT2D eigenvalue weighted by atomic mass is 16.1. The van der Waals surface area contributed by atoms with Crippen LogP contribution in [0.3, 0.4) is 0 Å². The second kappa shape index (κ2) is 4.70. The van der Waals surface area contributed by atoms with Crippen LogP contribution in [0.4, 0.5) is 5.95 Å². The molecule has 0 bridgehead atoms. The fourth-order valence-electron chi connectivity index (χ4n) is 3.19. The Kier molecular flexibility index (Phi) is 3.10. The minimum atomic E-state index is -0.196. The van der Waals surface area contributed by atoms with E-state index < -0.39 is 0 Å². The Balaban J connectivity index is 2.43. The monoisotopic (exact) mass is 284 g/mol. The average Bonchev–Trinajstić information content (AvgIpc) is 2.50. The lowest BCUT2D eigenvalue weighted by molar-refractivity contribution is 0.437. The summed E-state index contributed by atoms with van der Waals surface area (Å²) >= 11 is 0. The minimum Gasteiger partial charge on any atom is -0.294 e. The van der Waals surface area contributed by atoms with Crippen molar-refractivity contribution in [2.24, 2.45) is 12.9 Å². The lowest BCUT2D eigenvalue weighted by atomic mass is 9.69. The largest absolute Gasteiger partial charge is 0.294 e. The van der Waals surface area contributed by atoms with E-state index in [1.54, 1.807) is 7.05 Å². The van der Waals surface area contributed by atoms with Crippen LogP contribution in [0.1, 0.15) is 31.4 Å². The van der Waals surface area contributed by atoms with Crippen molar-refractivity contribution in [2.45, 2.75) is 32.1 Å². The fourth-order valence-corrected chi connectivity index (χ4v) is 3.19. The number of benzene rings is 1. The zero-order chi connectivity index (χ0) is 15.2. The number of rotatable bonds is 2. The highest BCUT2D eigenvalue weighted by Gasteiger charge is 2.37. The Bertz CT molecular complexity index is 765. The zero-order valence-corrected chi connectivity index (χ0v) is 12.6. The van der Waals surface area contributed by atoms with Crippen molar-refractivity contribution in [3.63, 3.8) is 0 Å². The maximum Gasteiger partial charge on any atom is 0.259 e. The molecule has 0 amide bonds. The van der Waals surface area contributed by atoms with Gasteiger partial charge in [0.05, 0.1) is 11.3 Å². The molecule has 2 aromatic rings. The molecule has 1 unspecified atom stereocenters. The van der Waals surface area contributed by atoms with Crippen molar-refractivity contribution in [1.29, 1.82) is 0 Å². The van der Waals surface area contributed by atoms with Gasteiger partial charge in [-0.3, -0.25) is 14.8 Å². The summed E-state index contributed by atoms with van der Waals surface area (Å²) < 4.78 is 1.49. The van der Waals surface area contributed by atoms with Gasteiger partial charge < -0.3 is 0 Å². The molecule has 0 aliphatic heterocycles. The lowest BCUT2D eigenvalue weighted by Crippen LogP contribution is -2.39. The minimum absolute atomic E-state index is 0.0215. The number of aromatic nitrogens is 2. The summed E-state index contributed by atoms with van der Waals surface area (Å²) in [5.41, 5.74) is 6.12. The average molecular weight is 284 g/mol. The van der Waals surface area contributed by atoms with E-state index in [2.05, 4.69) is 30.3 Å². The molecule has 1 atom stereocenters. The van der Waals surface area contributed by atoms with Crippen molar-refractivity contribution in [3.05, 3.63) is 45.7 Å². The zero-order valence-electron chi connectivity index (χ0n) is 12.6. The van der Waals surface area contributed by atoms with Gasteiger partial charge in [0, 0.05) is 18.0 Å². The van der Waals surface area contributed by atoms with Gasteiger partial charge >= 0.3 is 0 Å². The van der Waals surface area contributed by atoms with Crippen LogP contribution in [0, 0.1) is 0 Å². The van der Waals surface area contributed by atoms with E-state index >= 15 is 0 Å². The summed E-state index contributed by atoms with van der Waals surface area (Å²) in [5, 5.41) is 0. The molecule has 5 nitrogen and oxygen atoms in total. The summed E-state index contributed by atoms with van der Waals surface area (Å²) in [4.78, 5) is 17.4. The Hall–Kier alpha value is -2.14. The number of nitrogens with zero attached hydrogens (tertiary/aromatic N) is 2. The first-order chi connectivity index (χ1) is 10.0. The summed E-state index contributed by atoms with van der Waals surface area (Å²) in [6, 6.07) is 8.14. The standard InChI is InChI=1S/C16H20N4O/c1-4-16(2)9-10-7-5-6-8-11(10)13-12(16)14(21)20(3)15(18-13)19-17/h5-8H,4,9,17H2,1-3H3,(H,18,19). The van der Waals surface area contributed by atoms with E-state index in [1.165, 1.54) is 10.1 Å². The number of fused-ring (bicyclic) bond motifs is 3. The van der Waals surface area contributed by atoms with Gasteiger partial charge in [0.1, 0.15) is 0 Å². The highest BCUT2D eigenvalue weighted by Crippen LogP contribution is 2.42. The van der Waals surface area contributed by atoms with Gasteiger partial charge in [-0.15, -0.1) is 0 Å². The van der Waals surface area contributed by atoms with Crippen LogP contribution in [0.25, 0.3) is 11.3 Å². The van der Waals surface area contributed by atoms with E-state index in [9.17, 15) is 4.79 Å². The number of nitrogens with one attached hydrogen (secondary N) is 1. The molecule has 3 N–H and O–H groups in total. The normalized spacial score (nSPS) is 19.8. The van der Waals surface area contributed by atoms with Crippen LogP contribution >= 0.6 is 0 Å². The Labute approximate surface area is 123 Å². The predicted molar refractivity (Wildman–Crippen MR) is 84.1 cm³/mol. The summed E-state index contributed by atoms with van der Waals surface area (Å²) in [5.74, 6) is 5.88. The summed E-state index contributed by atoms with van der Waals surface area (Å²) in [6.45, 7) is 4.26. The van der Waals surface area contributed by atoms with Gasteiger partial charge in [0.25, 0.3) is 5.56 Å². The van der Waals surface area contributed by atoms with E-state index in [4.69, 9.17) is 5.84 Å². The van der Waals surface area contributed by atoms with E-state index in [1.807, 2.05) is 18.2 Å². The van der Waals surface area contributed by atoms with Gasteiger partial charge in [-0.25, -0.2) is 10.8 Å². The third-order valence-electron chi connectivity index (χ3n) is 4.66. The lowest BCUT2D eigenvalue weighted by Gasteiger charge is -2.35. The molecule has 0 fully saturated rings. The quantitative estimate of drug-likeness (QED) is 0.653. The van der Waals surface area contributed by atoms with Crippen LogP contribution in [0.2, 0.25) is 0 Å². The molecular formula is C16H20N4O. The second-order valence-corrected chi connectivity index (χ2v) is 5.92. The van der Waals surface area contributed by atoms with E-state index in [0.29, 0.717) is 5.95 Å². The number of hydrogen-bond donors (Lipinski definition) is 2. The number of hydrogen-bond acceptors (Lipinski definition) is 4. The first kappa shape index (κ1) is 13.8. The molecule has 0 saturated carbocycles. The SMILES string of the molecule is CCC1(C)Cc2ccccc2-c2nc(NN)n(C)c(=O)c21. The Morgan fingerprint density at radius 1 is 1.43 bits per heavy atom. The van der Waals surface area contributed by atoms with Gasteiger partial charge in [0.2, 0.25) is 5.95 Å². The number of nitrogens with two attached hydrogens (primary N) is 1. The van der Waals surface area contributed by atoms with E-state index in [0.717, 1.165) is 29.7 Å². The molecule has 0 spiro atoms. The van der Waals surface area contributed by atoms with Crippen LogP contribution < -0.4 is 16.8 Å². The molecule has 1 aromatic heterocycles. The van der Waals surface area contributed by atoms with Gasteiger partial charge in [-0.2, -0.15) is 0 Å². The Morgan fingerprint density at radius 3 is 2.81 bits per heavy atom. The first-order valence-electron chi connectivity index (χ1n) is 7.18. The number of hydrazine groups is 1.